The minimum Gasteiger partial charge on any atom is -0.478 e. The summed E-state index contributed by atoms with van der Waals surface area (Å²) in [6.07, 6.45) is 2.26. The number of esters is 1. The van der Waals surface area contributed by atoms with Gasteiger partial charge in [0.1, 0.15) is 23.9 Å². The van der Waals surface area contributed by atoms with E-state index in [1.807, 2.05) is 0 Å². The van der Waals surface area contributed by atoms with Crippen molar-refractivity contribution in [2.45, 2.75) is 77.2 Å². The van der Waals surface area contributed by atoms with Crippen LogP contribution in [0.2, 0.25) is 0 Å². The van der Waals surface area contributed by atoms with Gasteiger partial charge < -0.3 is 30.6 Å². The van der Waals surface area contributed by atoms with Crippen LogP contribution >= 0.6 is 11.3 Å². The molecule has 0 spiro atoms. The topological polar surface area (TPSA) is 174 Å². The number of carboxylic acid groups (broad SMARTS) is 1. The number of carbonyl (C=O) groups is 4. The smallest absolute Gasteiger partial charge is 0.350 e. The van der Waals surface area contributed by atoms with E-state index in [2.05, 4.69) is 15.5 Å². The number of hydrogen-bond acceptors (Lipinski definition) is 10. The average Bonchev–Trinajstić information content (AvgIpc) is 3.42. The first-order chi connectivity index (χ1) is 16.2. The molecule has 35 heavy (non-hydrogen) atoms. The van der Waals surface area contributed by atoms with Gasteiger partial charge in [-0.05, 0) is 47.5 Å². The summed E-state index contributed by atoms with van der Waals surface area (Å²) >= 11 is 1.07. The van der Waals surface area contributed by atoms with Gasteiger partial charge in [0.05, 0.1) is 0 Å². The fourth-order valence-electron chi connectivity index (χ4n) is 4.16. The molecule has 1 saturated heterocycles. The van der Waals surface area contributed by atoms with Gasteiger partial charge in [0, 0.05) is 17.3 Å². The van der Waals surface area contributed by atoms with Gasteiger partial charge in [-0.15, -0.1) is 11.3 Å². The Labute approximate surface area is 206 Å². The summed E-state index contributed by atoms with van der Waals surface area (Å²) in [7, 11) is 0. The molecule has 1 aromatic rings. The van der Waals surface area contributed by atoms with Crippen molar-refractivity contribution in [1.29, 1.82) is 0 Å². The summed E-state index contributed by atoms with van der Waals surface area (Å²) in [5.74, 6) is -3.14. The van der Waals surface area contributed by atoms with Crippen LogP contribution in [0.4, 0.5) is 5.13 Å². The van der Waals surface area contributed by atoms with E-state index >= 15 is 0 Å². The van der Waals surface area contributed by atoms with Crippen LogP contribution in [0.3, 0.4) is 0 Å². The number of amides is 2. The van der Waals surface area contributed by atoms with Crippen LogP contribution in [-0.4, -0.2) is 74.3 Å². The maximum Gasteiger partial charge on any atom is 0.350 e. The first kappa shape index (κ1) is 26.4. The van der Waals surface area contributed by atoms with Gasteiger partial charge in [-0.25, -0.2) is 9.78 Å². The van der Waals surface area contributed by atoms with Crippen molar-refractivity contribution in [2.24, 2.45) is 11.1 Å². The lowest BCUT2D eigenvalue weighted by atomic mass is 9.98. The van der Waals surface area contributed by atoms with Crippen LogP contribution in [0.15, 0.2) is 10.5 Å². The van der Waals surface area contributed by atoms with Crippen molar-refractivity contribution in [2.75, 3.05) is 12.3 Å². The Balaban J connectivity index is 1.82. The van der Waals surface area contributed by atoms with Crippen LogP contribution in [0.1, 0.15) is 59.6 Å². The maximum atomic E-state index is 13.2. The molecule has 2 amide bonds. The van der Waals surface area contributed by atoms with Gasteiger partial charge in [0.2, 0.25) is 11.5 Å². The molecule has 1 aliphatic heterocycles. The SMILES string of the molecule is CC(C)(C)OC(=O)CN1C(=O)[C@@H](NC(=O)/C(=N\OC(C)(C)C(=O)O)c2csc(N)n2)[C@H]2CCC[C@@H]21. The highest BCUT2D eigenvalue weighted by atomic mass is 32.1. The number of likely N-dealkylation sites (tertiary alicyclic amines) is 1. The van der Waals surface area contributed by atoms with E-state index in [1.54, 1.807) is 20.8 Å². The van der Waals surface area contributed by atoms with Crippen LogP contribution in [0.25, 0.3) is 0 Å². The normalized spacial score (nSPS) is 22.7. The number of carboxylic acids is 1. The van der Waals surface area contributed by atoms with E-state index in [4.69, 9.17) is 15.3 Å². The van der Waals surface area contributed by atoms with Gasteiger partial charge in [-0.2, -0.15) is 0 Å². The van der Waals surface area contributed by atoms with Crippen molar-refractivity contribution >= 4 is 45.9 Å². The second-order valence-electron chi connectivity index (χ2n) is 10.1. The molecule has 2 fully saturated rings. The molecular formula is C22H31N5O7S. The Morgan fingerprint density at radius 1 is 1.29 bits per heavy atom. The van der Waals surface area contributed by atoms with Crippen molar-refractivity contribution in [3.05, 3.63) is 11.1 Å². The lowest BCUT2D eigenvalue weighted by molar-refractivity contribution is -0.161. The van der Waals surface area contributed by atoms with Gasteiger partial charge in [-0.1, -0.05) is 11.6 Å². The molecule has 1 saturated carbocycles. The van der Waals surface area contributed by atoms with Crippen molar-refractivity contribution in [3.8, 4) is 0 Å². The molecule has 3 atom stereocenters. The molecular weight excluding hydrogens is 478 g/mol. The zero-order valence-corrected chi connectivity index (χ0v) is 21.2. The van der Waals surface area contributed by atoms with E-state index in [9.17, 15) is 24.3 Å². The third-order valence-corrected chi connectivity index (χ3v) is 6.45. The van der Waals surface area contributed by atoms with Gasteiger partial charge in [0.25, 0.3) is 5.91 Å². The average molecular weight is 510 g/mol. The van der Waals surface area contributed by atoms with Crippen molar-refractivity contribution in [3.63, 3.8) is 0 Å². The number of nitrogens with zero attached hydrogens (tertiary/aromatic N) is 3. The number of fused-ring (bicyclic) bond motifs is 1. The Morgan fingerprint density at radius 2 is 1.97 bits per heavy atom. The summed E-state index contributed by atoms with van der Waals surface area (Å²) in [4.78, 5) is 60.9. The number of thiazole rings is 1. The van der Waals surface area contributed by atoms with Crippen LogP contribution < -0.4 is 11.1 Å². The van der Waals surface area contributed by atoms with E-state index in [0.717, 1.165) is 17.8 Å². The lowest BCUT2D eigenvalue weighted by Gasteiger charge is -2.25. The molecule has 3 rings (SSSR count). The molecule has 0 radical (unpaired) electrons. The fraction of sp³-hybridized carbons (Fsp3) is 0.636. The monoisotopic (exact) mass is 509 g/mol. The fourth-order valence-corrected chi connectivity index (χ4v) is 4.70. The summed E-state index contributed by atoms with van der Waals surface area (Å²) in [6.45, 7) is 7.60. The predicted molar refractivity (Wildman–Crippen MR) is 126 cm³/mol. The second-order valence-corrected chi connectivity index (χ2v) is 11.0. The first-order valence-electron chi connectivity index (χ1n) is 11.2. The molecule has 0 unspecified atom stereocenters. The zero-order chi connectivity index (χ0) is 26.1. The number of rotatable bonds is 8. The number of ether oxygens (including phenoxy) is 1. The first-order valence-corrected chi connectivity index (χ1v) is 12.1. The van der Waals surface area contributed by atoms with Gasteiger partial charge >= 0.3 is 11.9 Å². The lowest BCUT2D eigenvalue weighted by Crippen LogP contribution is -2.48. The quantitative estimate of drug-likeness (QED) is 0.264. The Morgan fingerprint density at radius 3 is 2.54 bits per heavy atom. The molecule has 192 valence electrons. The molecule has 4 N–H and O–H groups in total. The highest BCUT2D eigenvalue weighted by Gasteiger charge is 2.51. The zero-order valence-electron chi connectivity index (χ0n) is 20.4. The van der Waals surface area contributed by atoms with E-state index in [-0.39, 0.29) is 40.9 Å². The summed E-state index contributed by atoms with van der Waals surface area (Å²) < 4.78 is 5.37. The minimum absolute atomic E-state index is 0.0882. The van der Waals surface area contributed by atoms with E-state index in [0.29, 0.717) is 12.8 Å². The van der Waals surface area contributed by atoms with Crippen LogP contribution in [0.5, 0.6) is 0 Å². The summed E-state index contributed by atoms with van der Waals surface area (Å²) in [6, 6.07) is -1.08. The Bertz CT molecular complexity index is 1050. The number of hydrogen-bond donors (Lipinski definition) is 3. The summed E-state index contributed by atoms with van der Waals surface area (Å²) in [5.41, 5.74) is 3.08. The number of nitrogens with two attached hydrogens (primary N) is 1. The molecule has 1 aromatic heterocycles. The van der Waals surface area contributed by atoms with Crippen molar-refractivity contribution in [1.82, 2.24) is 15.2 Å². The van der Waals surface area contributed by atoms with E-state index < -0.39 is 35.1 Å². The number of nitrogens with one attached hydrogen (secondary N) is 1. The number of carbonyl (C=O) groups excluding carboxylic acids is 3. The maximum absolute atomic E-state index is 13.2. The molecule has 0 aromatic carbocycles. The number of aromatic nitrogens is 1. The van der Waals surface area contributed by atoms with Gasteiger partial charge in [-0.3, -0.25) is 14.4 Å². The highest BCUT2D eigenvalue weighted by Crippen LogP contribution is 2.39. The number of aliphatic carboxylic acids is 1. The van der Waals surface area contributed by atoms with Crippen LogP contribution in [0, 0.1) is 5.92 Å². The third-order valence-electron chi connectivity index (χ3n) is 5.78. The van der Waals surface area contributed by atoms with Crippen molar-refractivity contribution < 1.29 is 33.9 Å². The number of nitrogen functional groups attached to an aromatic ring is 1. The largest absolute Gasteiger partial charge is 0.478 e. The Kier molecular flexibility index (Phi) is 7.39. The number of anilines is 1. The molecule has 0 bridgehead atoms. The Hall–Kier alpha value is -3.22. The van der Waals surface area contributed by atoms with Crippen LogP contribution in [-0.2, 0) is 28.8 Å². The molecule has 13 heteroatoms. The molecule has 1 aliphatic carbocycles. The van der Waals surface area contributed by atoms with Gasteiger partial charge in [0.15, 0.2) is 10.8 Å². The molecule has 12 nitrogen and oxygen atoms in total. The highest BCUT2D eigenvalue weighted by molar-refractivity contribution is 7.13. The molecule has 2 heterocycles. The molecule has 2 aliphatic rings. The minimum atomic E-state index is -1.71. The standard InChI is InChI=1S/C22H31N5O7S/c1-21(2,3)33-14(28)9-27-13-8-6-7-11(13)15(18(27)30)25-17(29)16(12-10-35-20(23)24-12)26-34-22(4,5)19(31)32/h10-11,13,15H,6-9H2,1-5H3,(H2,23,24)(H,25,29)(H,31,32)/b26-16-/t11-,13-,15-/m0/s1. The number of oxime groups is 1. The third kappa shape index (κ3) is 6.08. The summed E-state index contributed by atoms with van der Waals surface area (Å²) in [5, 5.41) is 17.4. The predicted octanol–water partition coefficient (Wildman–Crippen LogP) is 1.15. The second kappa shape index (κ2) is 9.80. The van der Waals surface area contributed by atoms with E-state index in [1.165, 1.54) is 24.1 Å².